The normalized spacial score (nSPS) is 15.9. The molecule has 0 amide bonds. The lowest BCUT2D eigenvalue weighted by Gasteiger charge is -2.27. The second-order valence-corrected chi connectivity index (χ2v) is 3.07. The van der Waals surface area contributed by atoms with Crippen molar-refractivity contribution in [3.63, 3.8) is 0 Å². The van der Waals surface area contributed by atoms with Gasteiger partial charge in [-0.1, -0.05) is 5.92 Å². The van der Waals surface area contributed by atoms with Crippen molar-refractivity contribution in [2.24, 2.45) is 0 Å². The molecule has 1 heterocycles. The Bertz CT molecular complexity index is 319. The summed E-state index contributed by atoms with van der Waals surface area (Å²) in [7, 11) is 0. The minimum absolute atomic E-state index is 0.330. The van der Waals surface area contributed by atoms with Crippen molar-refractivity contribution in [2.45, 2.75) is 6.10 Å². The van der Waals surface area contributed by atoms with Gasteiger partial charge >= 0.3 is 0 Å². The van der Waals surface area contributed by atoms with Gasteiger partial charge in [0.15, 0.2) is 0 Å². The smallest absolute Gasteiger partial charge is 0.123 e. The second-order valence-electron chi connectivity index (χ2n) is 3.07. The predicted octanol–water partition coefficient (Wildman–Crippen LogP) is 1.02. The van der Waals surface area contributed by atoms with Gasteiger partial charge in [0.25, 0.3) is 0 Å². The summed E-state index contributed by atoms with van der Waals surface area (Å²) in [5, 5.41) is 3.15. The van der Waals surface area contributed by atoms with Crippen LogP contribution in [0.4, 0.5) is 0 Å². The third kappa shape index (κ3) is 1.82. The molecule has 1 aromatic rings. The number of benzene rings is 1. The first-order valence-electron chi connectivity index (χ1n) is 4.32. The molecule has 1 saturated heterocycles. The molecular weight excluding hydrogens is 162 g/mol. The number of nitrogens with one attached hydrogen (secondary N) is 1. The maximum atomic E-state index is 5.62. The topological polar surface area (TPSA) is 21.3 Å². The van der Waals surface area contributed by atoms with Crippen LogP contribution >= 0.6 is 0 Å². The summed E-state index contributed by atoms with van der Waals surface area (Å²) in [6.45, 7) is 1.88. The first-order valence-corrected chi connectivity index (χ1v) is 4.32. The number of hydrogen-bond donors (Lipinski definition) is 1. The van der Waals surface area contributed by atoms with E-state index in [2.05, 4.69) is 11.2 Å². The van der Waals surface area contributed by atoms with Crippen LogP contribution in [0.2, 0.25) is 0 Å². The maximum Gasteiger partial charge on any atom is 0.123 e. The molecule has 0 aromatic heterocycles. The summed E-state index contributed by atoms with van der Waals surface area (Å²) >= 11 is 0. The first-order chi connectivity index (χ1) is 6.38. The Morgan fingerprint density at radius 3 is 2.46 bits per heavy atom. The molecule has 2 nitrogen and oxygen atoms in total. The largest absolute Gasteiger partial charge is 0.488 e. The molecule has 0 aliphatic carbocycles. The van der Waals surface area contributed by atoms with E-state index < -0.39 is 0 Å². The first kappa shape index (κ1) is 8.15. The van der Waals surface area contributed by atoms with Crippen LogP contribution in [0.15, 0.2) is 24.3 Å². The molecule has 13 heavy (non-hydrogen) atoms. The Hall–Kier alpha value is -1.46. The van der Waals surface area contributed by atoms with Crippen molar-refractivity contribution in [2.75, 3.05) is 13.1 Å². The molecule has 0 bridgehead atoms. The molecule has 1 aliphatic rings. The minimum atomic E-state index is 0.330. The Kier molecular flexibility index (Phi) is 2.20. The van der Waals surface area contributed by atoms with E-state index in [9.17, 15) is 0 Å². The van der Waals surface area contributed by atoms with Crippen molar-refractivity contribution >= 4 is 0 Å². The molecule has 1 N–H and O–H groups in total. The lowest BCUT2D eigenvalue weighted by atomic mass is 10.2. The Morgan fingerprint density at radius 1 is 1.31 bits per heavy atom. The zero-order valence-electron chi connectivity index (χ0n) is 7.29. The van der Waals surface area contributed by atoms with Crippen LogP contribution < -0.4 is 10.1 Å². The van der Waals surface area contributed by atoms with Gasteiger partial charge in [-0.3, -0.25) is 0 Å². The lowest BCUT2D eigenvalue weighted by molar-refractivity contribution is 0.142. The van der Waals surface area contributed by atoms with Gasteiger partial charge in [0.1, 0.15) is 11.9 Å². The highest BCUT2D eigenvalue weighted by Gasteiger charge is 2.17. The molecule has 2 rings (SSSR count). The van der Waals surface area contributed by atoms with Gasteiger partial charge in [-0.25, -0.2) is 0 Å². The lowest BCUT2D eigenvalue weighted by Crippen LogP contribution is -2.50. The van der Waals surface area contributed by atoms with Gasteiger partial charge in [-0.05, 0) is 24.3 Å². The summed E-state index contributed by atoms with van der Waals surface area (Å²) in [4.78, 5) is 0. The third-order valence-corrected chi connectivity index (χ3v) is 2.07. The minimum Gasteiger partial charge on any atom is -0.488 e. The number of rotatable bonds is 2. The highest BCUT2D eigenvalue weighted by molar-refractivity contribution is 5.36. The van der Waals surface area contributed by atoms with Gasteiger partial charge in [0.2, 0.25) is 0 Å². The number of hydrogen-bond acceptors (Lipinski definition) is 2. The standard InChI is InChI=1S/C11H11NO/c1-2-9-3-5-10(6-4-9)13-11-7-12-8-11/h1,3-6,11-12H,7-8H2. The molecule has 1 aliphatic heterocycles. The molecule has 1 fully saturated rings. The summed E-state index contributed by atoms with van der Waals surface area (Å²) in [6.07, 6.45) is 5.57. The quantitative estimate of drug-likeness (QED) is 0.674. The van der Waals surface area contributed by atoms with Crippen LogP contribution in [0, 0.1) is 12.3 Å². The highest BCUT2D eigenvalue weighted by atomic mass is 16.5. The maximum absolute atomic E-state index is 5.62. The van der Waals surface area contributed by atoms with Crippen molar-refractivity contribution in [1.82, 2.24) is 5.32 Å². The fourth-order valence-corrected chi connectivity index (χ4v) is 1.17. The SMILES string of the molecule is C#Cc1ccc(OC2CNC2)cc1. The molecule has 0 radical (unpaired) electrons. The highest BCUT2D eigenvalue weighted by Crippen LogP contribution is 2.14. The number of ether oxygens (including phenoxy) is 1. The fraction of sp³-hybridized carbons (Fsp3) is 0.273. The molecule has 2 heteroatoms. The van der Waals surface area contributed by atoms with Gasteiger partial charge in [-0.2, -0.15) is 0 Å². The molecule has 0 atom stereocenters. The van der Waals surface area contributed by atoms with E-state index in [1.165, 1.54) is 0 Å². The van der Waals surface area contributed by atoms with Gasteiger partial charge in [-0.15, -0.1) is 6.42 Å². The van der Waals surface area contributed by atoms with Crippen LogP contribution in [-0.2, 0) is 0 Å². The van der Waals surface area contributed by atoms with Crippen molar-refractivity contribution in [3.8, 4) is 18.1 Å². The van der Waals surface area contributed by atoms with Crippen LogP contribution in [0.3, 0.4) is 0 Å². The monoisotopic (exact) mass is 173 g/mol. The van der Waals surface area contributed by atoms with Gasteiger partial charge in [0.05, 0.1) is 0 Å². The van der Waals surface area contributed by atoms with Gasteiger partial charge in [0, 0.05) is 18.7 Å². The third-order valence-electron chi connectivity index (χ3n) is 2.07. The Labute approximate surface area is 77.9 Å². The molecule has 0 saturated carbocycles. The van der Waals surface area contributed by atoms with Crippen molar-refractivity contribution in [1.29, 1.82) is 0 Å². The van der Waals surface area contributed by atoms with Crippen LogP contribution in [0.1, 0.15) is 5.56 Å². The van der Waals surface area contributed by atoms with Gasteiger partial charge < -0.3 is 10.1 Å². The Morgan fingerprint density at radius 2 is 2.00 bits per heavy atom. The molecule has 0 unspecified atom stereocenters. The molecule has 1 aromatic carbocycles. The second kappa shape index (κ2) is 3.51. The molecule has 0 spiro atoms. The summed E-state index contributed by atoms with van der Waals surface area (Å²) < 4.78 is 5.62. The van der Waals surface area contributed by atoms with E-state index in [4.69, 9.17) is 11.2 Å². The summed E-state index contributed by atoms with van der Waals surface area (Å²) in [6, 6.07) is 7.60. The molecular formula is C11H11NO. The van der Waals surface area contributed by atoms with Crippen LogP contribution in [-0.4, -0.2) is 19.2 Å². The zero-order valence-corrected chi connectivity index (χ0v) is 7.29. The summed E-state index contributed by atoms with van der Waals surface area (Å²) in [5.41, 5.74) is 0.888. The number of terminal acetylenes is 1. The van der Waals surface area contributed by atoms with Crippen LogP contribution in [0.25, 0.3) is 0 Å². The fourth-order valence-electron chi connectivity index (χ4n) is 1.17. The average Bonchev–Trinajstić information content (AvgIpc) is 2.12. The van der Waals surface area contributed by atoms with E-state index in [0.717, 1.165) is 24.4 Å². The van der Waals surface area contributed by atoms with Crippen molar-refractivity contribution < 1.29 is 4.74 Å². The summed E-state index contributed by atoms with van der Waals surface area (Å²) in [5.74, 6) is 3.46. The zero-order chi connectivity index (χ0) is 9.10. The van der Waals surface area contributed by atoms with E-state index in [0.29, 0.717) is 6.10 Å². The average molecular weight is 173 g/mol. The molecule has 66 valence electrons. The van der Waals surface area contributed by atoms with Crippen LogP contribution in [0.5, 0.6) is 5.75 Å². The Balaban J connectivity index is 2.01. The van der Waals surface area contributed by atoms with E-state index in [-0.39, 0.29) is 0 Å². The predicted molar refractivity (Wildman–Crippen MR) is 51.7 cm³/mol. The van der Waals surface area contributed by atoms with E-state index in [1.54, 1.807) is 0 Å². The van der Waals surface area contributed by atoms with Crippen molar-refractivity contribution in [3.05, 3.63) is 29.8 Å². The van der Waals surface area contributed by atoms with E-state index in [1.807, 2.05) is 24.3 Å². The van der Waals surface area contributed by atoms with E-state index >= 15 is 0 Å².